The molecule has 3 aromatic rings. The van der Waals surface area contributed by atoms with E-state index in [0.29, 0.717) is 0 Å². The summed E-state index contributed by atoms with van der Waals surface area (Å²) in [5.74, 6) is 0.840. The number of fused-ring (bicyclic) bond motifs is 1. The first-order chi connectivity index (χ1) is 8.35. The minimum atomic E-state index is 0.840. The summed E-state index contributed by atoms with van der Waals surface area (Å²) in [6.45, 7) is 4.25. The topological polar surface area (TPSA) is 41.6 Å². The lowest BCUT2D eigenvalue weighted by atomic mass is 10.3. The van der Waals surface area contributed by atoms with Crippen LogP contribution < -0.4 is 0 Å². The van der Waals surface area contributed by atoms with Crippen molar-refractivity contribution in [3.05, 3.63) is 35.2 Å². The smallest absolute Gasteiger partial charge is 0.158 e. The van der Waals surface area contributed by atoms with Crippen LogP contribution in [0.1, 0.15) is 20.3 Å². The quantitative estimate of drug-likeness (QED) is 0.701. The van der Waals surface area contributed by atoms with Gasteiger partial charge in [0.15, 0.2) is 5.82 Å². The van der Waals surface area contributed by atoms with Crippen LogP contribution in [0.2, 0.25) is 0 Å². The molecular weight excluding hydrogens is 230 g/mol. The van der Waals surface area contributed by atoms with Crippen molar-refractivity contribution in [3.8, 4) is 11.5 Å². The Labute approximate surface area is 105 Å². The van der Waals surface area contributed by atoms with Gasteiger partial charge in [-0.3, -0.25) is 0 Å². The third kappa shape index (κ3) is 2.71. The molecule has 0 fully saturated rings. The van der Waals surface area contributed by atoms with Crippen LogP contribution in [0.25, 0.3) is 22.6 Å². The monoisotopic (exact) mass is 245 g/mol. The molecule has 0 aliphatic carbocycles. The van der Waals surface area contributed by atoms with Gasteiger partial charge in [0.1, 0.15) is 5.69 Å². The molecule has 0 bridgehead atoms. The molecule has 0 aliphatic rings. The van der Waals surface area contributed by atoms with E-state index in [1.54, 1.807) is 11.3 Å². The van der Waals surface area contributed by atoms with E-state index in [2.05, 4.69) is 28.8 Å². The second-order valence-electron chi connectivity index (χ2n) is 3.68. The van der Waals surface area contributed by atoms with Crippen LogP contribution in [0.5, 0.6) is 0 Å². The van der Waals surface area contributed by atoms with E-state index in [0.717, 1.165) is 22.6 Å². The van der Waals surface area contributed by atoms with Gasteiger partial charge in [0, 0.05) is 5.38 Å². The Bertz CT molecular complexity index is 536. The largest absolute Gasteiger partial charge is 0.337 e. The van der Waals surface area contributed by atoms with Crippen molar-refractivity contribution in [2.24, 2.45) is 0 Å². The molecule has 88 valence electrons. The molecule has 0 saturated carbocycles. The molecule has 0 spiro atoms. The fourth-order valence-corrected chi connectivity index (χ4v) is 1.94. The van der Waals surface area contributed by atoms with Crippen LogP contribution in [0.15, 0.2) is 35.2 Å². The van der Waals surface area contributed by atoms with Gasteiger partial charge in [-0.25, -0.2) is 9.97 Å². The third-order valence-electron chi connectivity index (χ3n) is 2.06. The molecule has 0 radical (unpaired) electrons. The van der Waals surface area contributed by atoms with Crippen molar-refractivity contribution >= 4 is 22.4 Å². The molecule has 0 saturated heterocycles. The third-order valence-corrected chi connectivity index (χ3v) is 2.65. The van der Waals surface area contributed by atoms with E-state index in [1.165, 1.54) is 6.42 Å². The lowest BCUT2D eigenvalue weighted by Gasteiger charge is -1.84. The zero-order valence-electron chi connectivity index (χ0n) is 9.97. The molecular formula is C13H15N3S. The van der Waals surface area contributed by atoms with Gasteiger partial charge in [0.05, 0.1) is 16.5 Å². The summed E-state index contributed by atoms with van der Waals surface area (Å²) < 4.78 is 0. The second kappa shape index (κ2) is 5.59. The zero-order valence-corrected chi connectivity index (χ0v) is 10.8. The number of thiazole rings is 1. The number of nitrogens with one attached hydrogen (secondary N) is 1. The number of para-hydroxylation sites is 2. The Hall–Kier alpha value is -1.68. The van der Waals surface area contributed by atoms with Crippen molar-refractivity contribution in [1.82, 2.24) is 15.0 Å². The number of aromatic amines is 1. The number of nitrogens with zero attached hydrogens (tertiary/aromatic N) is 2. The van der Waals surface area contributed by atoms with Crippen LogP contribution in [0.4, 0.5) is 0 Å². The first kappa shape index (κ1) is 11.8. The Kier molecular flexibility index (Phi) is 3.88. The Balaban J connectivity index is 0.000000329. The number of rotatable bonds is 1. The van der Waals surface area contributed by atoms with Crippen LogP contribution in [0, 0.1) is 0 Å². The summed E-state index contributed by atoms with van der Waals surface area (Å²) in [4.78, 5) is 11.9. The van der Waals surface area contributed by atoms with E-state index in [-0.39, 0.29) is 0 Å². The average molecular weight is 245 g/mol. The lowest BCUT2D eigenvalue weighted by molar-refractivity contribution is 1.09. The summed E-state index contributed by atoms with van der Waals surface area (Å²) in [7, 11) is 0. The number of H-pyrrole nitrogens is 1. The first-order valence-electron chi connectivity index (χ1n) is 5.68. The first-order valence-corrected chi connectivity index (χ1v) is 6.62. The maximum atomic E-state index is 4.44. The maximum absolute atomic E-state index is 4.44. The minimum Gasteiger partial charge on any atom is -0.337 e. The molecule has 3 nitrogen and oxygen atoms in total. The fourth-order valence-electron chi connectivity index (χ4n) is 1.40. The van der Waals surface area contributed by atoms with E-state index >= 15 is 0 Å². The molecule has 3 rings (SSSR count). The van der Waals surface area contributed by atoms with Crippen molar-refractivity contribution in [2.45, 2.75) is 20.3 Å². The van der Waals surface area contributed by atoms with Gasteiger partial charge in [0.2, 0.25) is 0 Å². The molecule has 0 atom stereocenters. The number of benzene rings is 1. The van der Waals surface area contributed by atoms with Crippen LogP contribution >= 0.6 is 11.3 Å². The summed E-state index contributed by atoms with van der Waals surface area (Å²) in [6, 6.07) is 7.97. The number of aromatic nitrogens is 3. The van der Waals surface area contributed by atoms with Gasteiger partial charge < -0.3 is 4.98 Å². The zero-order chi connectivity index (χ0) is 12.1. The van der Waals surface area contributed by atoms with Gasteiger partial charge in [-0.15, -0.1) is 11.3 Å². The van der Waals surface area contributed by atoms with E-state index in [4.69, 9.17) is 0 Å². The van der Waals surface area contributed by atoms with E-state index in [1.807, 2.05) is 35.2 Å². The highest BCUT2D eigenvalue weighted by atomic mass is 32.1. The second-order valence-corrected chi connectivity index (χ2v) is 4.40. The minimum absolute atomic E-state index is 0.840. The van der Waals surface area contributed by atoms with Crippen LogP contribution in [-0.4, -0.2) is 15.0 Å². The predicted octanol–water partition coefficient (Wildman–Crippen LogP) is 4.10. The fraction of sp³-hybridized carbons (Fsp3) is 0.231. The predicted molar refractivity (Wildman–Crippen MR) is 73.2 cm³/mol. The highest BCUT2D eigenvalue weighted by molar-refractivity contribution is 7.07. The molecule has 0 amide bonds. The average Bonchev–Trinajstić information content (AvgIpc) is 2.99. The molecule has 4 heteroatoms. The highest BCUT2D eigenvalue weighted by Crippen LogP contribution is 2.19. The molecule has 17 heavy (non-hydrogen) atoms. The molecule has 1 N–H and O–H groups in total. The van der Waals surface area contributed by atoms with Crippen LogP contribution in [0.3, 0.4) is 0 Å². The summed E-state index contributed by atoms with van der Waals surface area (Å²) in [5, 5.41) is 1.98. The normalized spacial score (nSPS) is 10.0. The Morgan fingerprint density at radius 3 is 2.65 bits per heavy atom. The van der Waals surface area contributed by atoms with Gasteiger partial charge in [-0.1, -0.05) is 32.4 Å². The molecule has 0 aliphatic heterocycles. The van der Waals surface area contributed by atoms with E-state index < -0.39 is 0 Å². The molecule has 0 unspecified atom stereocenters. The van der Waals surface area contributed by atoms with Gasteiger partial charge in [0.25, 0.3) is 0 Å². The molecule has 2 heterocycles. The van der Waals surface area contributed by atoms with Gasteiger partial charge in [-0.05, 0) is 12.1 Å². The Morgan fingerprint density at radius 2 is 2.00 bits per heavy atom. The van der Waals surface area contributed by atoms with Crippen LogP contribution in [-0.2, 0) is 0 Å². The van der Waals surface area contributed by atoms with Crippen molar-refractivity contribution in [3.63, 3.8) is 0 Å². The number of hydrogen-bond donors (Lipinski definition) is 1. The summed E-state index contributed by atoms with van der Waals surface area (Å²) in [5.41, 5.74) is 4.75. The van der Waals surface area contributed by atoms with Gasteiger partial charge >= 0.3 is 0 Å². The van der Waals surface area contributed by atoms with E-state index in [9.17, 15) is 0 Å². The van der Waals surface area contributed by atoms with Crippen molar-refractivity contribution < 1.29 is 0 Å². The number of imidazole rings is 1. The standard InChI is InChI=1S/C10H7N3S.C3H8/c1-2-4-8-7(3-1)12-10(13-8)9-5-14-6-11-9;1-3-2/h1-6H,(H,12,13);3H2,1-2H3. The van der Waals surface area contributed by atoms with Gasteiger partial charge in [-0.2, -0.15) is 0 Å². The molecule has 2 aromatic heterocycles. The van der Waals surface area contributed by atoms with Crippen molar-refractivity contribution in [1.29, 1.82) is 0 Å². The maximum Gasteiger partial charge on any atom is 0.158 e. The SMILES string of the molecule is CCC.c1ccc2[nH]c(-c3cscn3)nc2c1. The lowest BCUT2D eigenvalue weighted by Crippen LogP contribution is -1.77. The van der Waals surface area contributed by atoms with Crippen molar-refractivity contribution in [2.75, 3.05) is 0 Å². The highest BCUT2D eigenvalue weighted by Gasteiger charge is 2.05. The Morgan fingerprint density at radius 1 is 1.24 bits per heavy atom. The summed E-state index contributed by atoms with van der Waals surface area (Å²) >= 11 is 1.57. The summed E-state index contributed by atoms with van der Waals surface area (Å²) in [6.07, 6.45) is 1.25. The molecule has 1 aromatic carbocycles. The number of hydrogen-bond acceptors (Lipinski definition) is 3.